The number of thiazole rings is 1. The number of aromatic nitrogens is 1. The molecule has 0 atom stereocenters. The number of hydrogen-bond donors (Lipinski definition) is 2. The molecule has 1 aromatic carbocycles. The summed E-state index contributed by atoms with van der Waals surface area (Å²) in [5.74, 6) is 2.29. The summed E-state index contributed by atoms with van der Waals surface area (Å²) in [4.78, 5) is 10.0. The third kappa shape index (κ3) is 5.73. The Labute approximate surface area is 175 Å². The molecule has 0 unspecified atom stereocenters. The van der Waals surface area contributed by atoms with Gasteiger partial charge in [0.05, 0.1) is 18.2 Å². The Hall–Kier alpha value is -1.55. The van der Waals surface area contributed by atoms with E-state index in [0.29, 0.717) is 13.2 Å². The molecular formula is C18H25IN4O2S. The molecule has 2 aromatic rings. The van der Waals surface area contributed by atoms with Crippen molar-refractivity contribution in [1.29, 1.82) is 0 Å². The highest BCUT2D eigenvalue weighted by molar-refractivity contribution is 14.0. The molecule has 6 nitrogen and oxygen atoms in total. The van der Waals surface area contributed by atoms with Crippen LogP contribution in [0.4, 0.5) is 5.69 Å². The van der Waals surface area contributed by atoms with Crippen molar-refractivity contribution in [3.05, 3.63) is 34.3 Å². The molecule has 2 N–H and O–H groups in total. The fourth-order valence-electron chi connectivity index (χ4n) is 2.47. The van der Waals surface area contributed by atoms with Crippen LogP contribution in [0.1, 0.15) is 23.2 Å². The van der Waals surface area contributed by atoms with Gasteiger partial charge in [-0.05, 0) is 18.6 Å². The Bertz CT molecular complexity index is 736. The number of fused-ring (bicyclic) bond motifs is 1. The van der Waals surface area contributed by atoms with Crippen LogP contribution in [0.15, 0.2) is 29.4 Å². The fraction of sp³-hybridized carbons (Fsp3) is 0.444. The van der Waals surface area contributed by atoms with Gasteiger partial charge in [-0.3, -0.25) is 4.99 Å². The van der Waals surface area contributed by atoms with Crippen LogP contribution < -0.4 is 20.1 Å². The summed E-state index contributed by atoms with van der Waals surface area (Å²) in [5.41, 5.74) is 0.917. The van der Waals surface area contributed by atoms with Gasteiger partial charge >= 0.3 is 0 Å². The number of rotatable bonds is 5. The fourth-order valence-corrected chi connectivity index (χ4v) is 3.33. The monoisotopic (exact) mass is 488 g/mol. The van der Waals surface area contributed by atoms with Crippen LogP contribution in [0.5, 0.6) is 11.5 Å². The van der Waals surface area contributed by atoms with Gasteiger partial charge in [0.2, 0.25) is 0 Å². The highest BCUT2D eigenvalue weighted by Gasteiger charge is 2.11. The number of anilines is 1. The summed E-state index contributed by atoms with van der Waals surface area (Å²) in [6.07, 6.45) is 4.78. The number of hydrogen-bond acceptors (Lipinski definition) is 5. The second-order valence-corrected chi connectivity index (χ2v) is 6.86. The van der Waals surface area contributed by atoms with E-state index in [4.69, 9.17) is 9.47 Å². The zero-order valence-electron chi connectivity index (χ0n) is 15.1. The van der Waals surface area contributed by atoms with E-state index < -0.39 is 0 Å². The first-order valence-electron chi connectivity index (χ1n) is 8.59. The summed E-state index contributed by atoms with van der Waals surface area (Å²) in [6, 6.07) is 5.84. The van der Waals surface area contributed by atoms with Crippen molar-refractivity contribution in [3.8, 4) is 11.5 Å². The Morgan fingerprint density at radius 2 is 2.08 bits per heavy atom. The highest BCUT2D eigenvalue weighted by Crippen LogP contribution is 2.32. The van der Waals surface area contributed by atoms with Gasteiger partial charge in [-0.25, -0.2) is 4.98 Å². The van der Waals surface area contributed by atoms with E-state index in [9.17, 15) is 0 Å². The third-order valence-corrected chi connectivity index (χ3v) is 5.02. The van der Waals surface area contributed by atoms with E-state index in [1.807, 2.05) is 24.4 Å². The average Bonchev–Trinajstić information content (AvgIpc) is 2.97. The van der Waals surface area contributed by atoms with E-state index in [2.05, 4.69) is 27.5 Å². The molecule has 0 radical (unpaired) electrons. The van der Waals surface area contributed by atoms with Crippen LogP contribution >= 0.6 is 35.3 Å². The smallest absolute Gasteiger partial charge is 0.195 e. The largest absolute Gasteiger partial charge is 0.490 e. The number of benzene rings is 1. The van der Waals surface area contributed by atoms with Crippen LogP contribution in [0.3, 0.4) is 0 Å². The van der Waals surface area contributed by atoms with Gasteiger partial charge < -0.3 is 20.1 Å². The first kappa shape index (κ1) is 20.8. The molecule has 1 aromatic heterocycles. The molecule has 26 heavy (non-hydrogen) atoms. The molecule has 1 aliphatic rings. The zero-order chi connectivity index (χ0) is 17.5. The van der Waals surface area contributed by atoms with Crippen LogP contribution in [0, 0.1) is 0 Å². The molecule has 2 heterocycles. The predicted molar refractivity (Wildman–Crippen MR) is 118 cm³/mol. The van der Waals surface area contributed by atoms with E-state index in [1.165, 1.54) is 4.88 Å². The lowest BCUT2D eigenvalue weighted by molar-refractivity contribution is 0.297. The maximum atomic E-state index is 5.72. The molecule has 0 bridgehead atoms. The Morgan fingerprint density at radius 1 is 1.27 bits per heavy atom. The number of ether oxygens (including phenoxy) is 2. The summed E-state index contributed by atoms with van der Waals surface area (Å²) in [6.45, 7) is 4.30. The van der Waals surface area contributed by atoms with Crippen molar-refractivity contribution >= 4 is 47.0 Å². The maximum absolute atomic E-state index is 5.72. The van der Waals surface area contributed by atoms with E-state index >= 15 is 0 Å². The molecule has 142 valence electrons. The number of aryl methyl sites for hydroxylation is 1. The second kappa shape index (κ2) is 10.6. The van der Waals surface area contributed by atoms with Crippen molar-refractivity contribution < 1.29 is 9.47 Å². The summed E-state index contributed by atoms with van der Waals surface area (Å²) in [5, 5.41) is 7.76. The minimum absolute atomic E-state index is 0. The summed E-state index contributed by atoms with van der Waals surface area (Å²) < 4.78 is 11.4. The SMILES string of the molecule is CCc1cnc(CCNC(=NC)Nc2ccc3c(c2)OCCCO3)s1.I. The zero-order valence-corrected chi connectivity index (χ0v) is 18.2. The summed E-state index contributed by atoms with van der Waals surface area (Å²) >= 11 is 1.77. The molecule has 0 saturated heterocycles. The Balaban J connectivity index is 0.00000243. The van der Waals surface area contributed by atoms with E-state index in [-0.39, 0.29) is 24.0 Å². The molecule has 0 amide bonds. The highest BCUT2D eigenvalue weighted by atomic mass is 127. The maximum Gasteiger partial charge on any atom is 0.195 e. The first-order valence-corrected chi connectivity index (χ1v) is 9.41. The average molecular weight is 488 g/mol. The number of nitrogens with zero attached hydrogens (tertiary/aromatic N) is 2. The van der Waals surface area contributed by atoms with Gasteiger partial charge in [0.25, 0.3) is 0 Å². The van der Waals surface area contributed by atoms with Gasteiger partial charge in [0.1, 0.15) is 0 Å². The lowest BCUT2D eigenvalue weighted by Gasteiger charge is -2.13. The molecule has 8 heteroatoms. The van der Waals surface area contributed by atoms with E-state index in [1.54, 1.807) is 18.4 Å². The number of guanidine groups is 1. The van der Waals surface area contributed by atoms with Crippen molar-refractivity contribution in [1.82, 2.24) is 10.3 Å². The molecule has 1 aliphatic heterocycles. The lowest BCUT2D eigenvalue weighted by atomic mass is 10.3. The molecule has 0 aliphatic carbocycles. The molecule has 3 rings (SSSR count). The quantitative estimate of drug-likeness (QED) is 0.382. The normalized spacial score (nSPS) is 13.5. The Kier molecular flexibility index (Phi) is 8.43. The first-order chi connectivity index (χ1) is 12.3. The van der Waals surface area contributed by atoms with Crippen molar-refractivity contribution in [2.45, 2.75) is 26.2 Å². The summed E-state index contributed by atoms with van der Waals surface area (Å²) in [7, 11) is 1.76. The molecule has 0 saturated carbocycles. The minimum Gasteiger partial charge on any atom is -0.490 e. The second-order valence-electron chi connectivity index (χ2n) is 5.66. The van der Waals surface area contributed by atoms with Crippen LogP contribution in [-0.2, 0) is 12.8 Å². The van der Waals surface area contributed by atoms with Gasteiger partial charge in [-0.15, -0.1) is 35.3 Å². The number of nitrogens with one attached hydrogen (secondary N) is 2. The van der Waals surface area contributed by atoms with Crippen molar-refractivity contribution in [2.24, 2.45) is 4.99 Å². The number of halogens is 1. The molecule has 0 spiro atoms. The predicted octanol–water partition coefficient (Wildman–Crippen LogP) is 3.71. The lowest BCUT2D eigenvalue weighted by Crippen LogP contribution is -2.32. The van der Waals surface area contributed by atoms with Gasteiger partial charge in [-0.2, -0.15) is 0 Å². The minimum atomic E-state index is 0. The van der Waals surface area contributed by atoms with Gasteiger partial charge in [-0.1, -0.05) is 6.92 Å². The standard InChI is InChI=1S/C18H24N4O2S.HI/c1-3-14-12-21-17(25-14)7-8-20-18(19-2)22-13-5-6-15-16(11-13)24-10-4-9-23-15;/h5-6,11-12H,3-4,7-10H2,1-2H3,(H2,19,20,22);1H. The van der Waals surface area contributed by atoms with E-state index in [0.717, 1.165) is 54.0 Å². The third-order valence-electron chi connectivity index (χ3n) is 3.82. The van der Waals surface area contributed by atoms with Crippen LogP contribution in [0.25, 0.3) is 0 Å². The van der Waals surface area contributed by atoms with Crippen molar-refractivity contribution in [3.63, 3.8) is 0 Å². The molecular weight excluding hydrogens is 463 g/mol. The van der Waals surface area contributed by atoms with Crippen LogP contribution in [-0.4, -0.2) is 37.7 Å². The van der Waals surface area contributed by atoms with Crippen LogP contribution in [0.2, 0.25) is 0 Å². The van der Waals surface area contributed by atoms with Gasteiger partial charge in [0, 0.05) is 49.3 Å². The van der Waals surface area contributed by atoms with Crippen molar-refractivity contribution in [2.75, 3.05) is 32.1 Å². The Morgan fingerprint density at radius 3 is 2.81 bits per heavy atom. The molecule has 0 fully saturated rings. The topological polar surface area (TPSA) is 67.8 Å². The number of aliphatic imine (C=N–C) groups is 1. The van der Waals surface area contributed by atoms with Gasteiger partial charge in [0.15, 0.2) is 17.5 Å².